The molecular formula is C20H30FN3O2S. The summed E-state index contributed by atoms with van der Waals surface area (Å²) >= 11 is 1.61. The van der Waals surface area contributed by atoms with Crippen LogP contribution in [0.1, 0.15) is 32.3 Å². The molecule has 1 aliphatic heterocycles. The van der Waals surface area contributed by atoms with Gasteiger partial charge in [0.15, 0.2) is 0 Å². The van der Waals surface area contributed by atoms with Crippen molar-refractivity contribution in [1.29, 1.82) is 0 Å². The minimum Gasteiger partial charge on any atom is -0.355 e. The van der Waals surface area contributed by atoms with Gasteiger partial charge in [0.25, 0.3) is 0 Å². The first-order chi connectivity index (χ1) is 13.1. The van der Waals surface area contributed by atoms with Gasteiger partial charge in [-0.15, -0.1) is 0 Å². The third-order valence-electron chi connectivity index (χ3n) is 4.93. The average Bonchev–Trinajstić information content (AvgIpc) is 2.70. The molecule has 3 amide bonds. The molecule has 5 nitrogen and oxygen atoms in total. The van der Waals surface area contributed by atoms with Crippen LogP contribution >= 0.6 is 11.8 Å². The number of thioether (sulfide) groups is 1. The number of carbonyl (C=O) groups excluding carboxylic acids is 2. The molecule has 0 bridgehead atoms. The summed E-state index contributed by atoms with van der Waals surface area (Å²) in [5.41, 5.74) is 0.694. The molecule has 7 heteroatoms. The fourth-order valence-corrected chi connectivity index (χ4v) is 4.06. The highest BCUT2D eigenvalue weighted by Gasteiger charge is 2.28. The van der Waals surface area contributed by atoms with Crippen molar-refractivity contribution < 1.29 is 14.0 Å². The minimum atomic E-state index is -0.181. The fraction of sp³-hybridized carbons (Fsp3) is 0.600. The topological polar surface area (TPSA) is 52.7 Å². The average molecular weight is 396 g/mol. The Labute approximate surface area is 165 Å². The molecule has 27 heavy (non-hydrogen) atoms. The zero-order valence-electron chi connectivity index (χ0n) is 16.2. The molecule has 2 rings (SSSR count). The Morgan fingerprint density at radius 2 is 1.89 bits per heavy atom. The molecule has 150 valence electrons. The van der Waals surface area contributed by atoms with Gasteiger partial charge in [0, 0.05) is 50.1 Å². The summed E-state index contributed by atoms with van der Waals surface area (Å²) in [6.45, 7) is 7.22. The fourth-order valence-electron chi connectivity index (χ4n) is 3.22. The van der Waals surface area contributed by atoms with Crippen LogP contribution in [0.2, 0.25) is 0 Å². The molecule has 0 aliphatic carbocycles. The van der Waals surface area contributed by atoms with Crippen molar-refractivity contribution in [3.05, 3.63) is 35.6 Å². The lowest BCUT2D eigenvalue weighted by Gasteiger charge is -2.34. The number of nitrogens with zero attached hydrogens (tertiary/aromatic N) is 2. The second kappa shape index (κ2) is 11.2. The molecule has 0 unspecified atom stereocenters. The molecule has 1 saturated heterocycles. The van der Waals surface area contributed by atoms with Gasteiger partial charge in [-0.1, -0.05) is 18.2 Å². The van der Waals surface area contributed by atoms with E-state index in [1.165, 1.54) is 6.07 Å². The number of benzene rings is 1. The number of likely N-dealkylation sites (tertiary alicyclic amines) is 1. The molecule has 1 aromatic rings. The minimum absolute atomic E-state index is 0.0256. The van der Waals surface area contributed by atoms with Gasteiger partial charge in [-0.3, -0.25) is 4.79 Å². The molecule has 0 aromatic heterocycles. The summed E-state index contributed by atoms with van der Waals surface area (Å²) in [6, 6.07) is 6.84. The Morgan fingerprint density at radius 1 is 1.22 bits per heavy atom. The summed E-state index contributed by atoms with van der Waals surface area (Å²) in [5.74, 6) is 1.21. The molecule has 1 aliphatic rings. The maximum atomic E-state index is 13.5. The molecule has 1 aromatic carbocycles. The smallest absolute Gasteiger partial charge is 0.319 e. The van der Waals surface area contributed by atoms with Crippen molar-refractivity contribution >= 4 is 23.7 Å². The van der Waals surface area contributed by atoms with Gasteiger partial charge < -0.3 is 15.1 Å². The highest BCUT2D eigenvalue weighted by molar-refractivity contribution is 7.98. The number of amides is 3. The molecular weight excluding hydrogens is 365 g/mol. The van der Waals surface area contributed by atoms with E-state index in [1.54, 1.807) is 23.9 Å². The van der Waals surface area contributed by atoms with Crippen molar-refractivity contribution in [2.45, 2.75) is 32.4 Å². The largest absolute Gasteiger partial charge is 0.355 e. The van der Waals surface area contributed by atoms with Crippen molar-refractivity contribution in [2.75, 3.05) is 38.5 Å². The van der Waals surface area contributed by atoms with Crippen LogP contribution in [0.5, 0.6) is 0 Å². The molecule has 0 saturated carbocycles. The molecule has 0 radical (unpaired) electrons. The Morgan fingerprint density at radius 3 is 2.52 bits per heavy atom. The van der Waals surface area contributed by atoms with Gasteiger partial charge in [-0.2, -0.15) is 11.8 Å². The number of carbonyl (C=O) groups is 2. The van der Waals surface area contributed by atoms with Gasteiger partial charge in [0.1, 0.15) is 5.82 Å². The van der Waals surface area contributed by atoms with E-state index in [9.17, 15) is 14.0 Å². The highest BCUT2D eigenvalue weighted by Crippen LogP contribution is 2.19. The predicted molar refractivity (Wildman–Crippen MR) is 108 cm³/mol. The van der Waals surface area contributed by atoms with E-state index in [1.807, 2.05) is 29.7 Å². The lowest BCUT2D eigenvalue weighted by atomic mass is 9.96. The van der Waals surface area contributed by atoms with Crippen LogP contribution in [-0.2, 0) is 10.5 Å². The van der Waals surface area contributed by atoms with E-state index in [-0.39, 0.29) is 23.7 Å². The molecule has 1 heterocycles. The Bertz CT molecular complexity index is 617. The first kappa shape index (κ1) is 21.5. The van der Waals surface area contributed by atoms with E-state index in [4.69, 9.17) is 0 Å². The summed E-state index contributed by atoms with van der Waals surface area (Å²) in [6.07, 6.45) is 1.42. The Hall–Kier alpha value is -1.76. The predicted octanol–water partition coefficient (Wildman–Crippen LogP) is 3.35. The quantitative estimate of drug-likeness (QED) is 0.687. The normalized spacial score (nSPS) is 14.9. The summed E-state index contributed by atoms with van der Waals surface area (Å²) in [4.78, 5) is 28.3. The zero-order chi connectivity index (χ0) is 19.6. The third-order valence-corrected chi connectivity index (χ3v) is 5.94. The Balaban J connectivity index is 1.63. The summed E-state index contributed by atoms with van der Waals surface area (Å²) in [5, 5.41) is 2.98. The first-order valence-corrected chi connectivity index (χ1v) is 10.8. The van der Waals surface area contributed by atoms with Crippen molar-refractivity contribution in [3.63, 3.8) is 0 Å². The Kier molecular flexibility index (Phi) is 8.91. The number of nitrogens with one attached hydrogen (secondary N) is 1. The van der Waals surface area contributed by atoms with E-state index in [2.05, 4.69) is 5.32 Å². The van der Waals surface area contributed by atoms with Crippen LogP contribution in [0.25, 0.3) is 0 Å². The maximum absolute atomic E-state index is 13.5. The van der Waals surface area contributed by atoms with Crippen LogP contribution < -0.4 is 5.32 Å². The number of halogens is 1. The highest BCUT2D eigenvalue weighted by atomic mass is 32.2. The second-order valence-corrected chi connectivity index (χ2v) is 7.76. The second-order valence-electron chi connectivity index (χ2n) is 6.65. The van der Waals surface area contributed by atoms with Gasteiger partial charge in [0.05, 0.1) is 0 Å². The molecule has 1 N–H and O–H groups in total. The third kappa shape index (κ3) is 6.41. The molecule has 1 fully saturated rings. The van der Waals surface area contributed by atoms with Crippen LogP contribution in [0, 0.1) is 11.7 Å². The van der Waals surface area contributed by atoms with Crippen LogP contribution in [0.4, 0.5) is 9.18 Å². The van der Waals surface area contributed by atoms with Gasteiger partial charge >= 0.3 is 6.03 Å². The van der Waals surface area contributed by atoms with Crippen LogP contribution in [0.15, 0.2) is 24.3 Å². The number of piperidine rings is 1. The summed E-state index contributed by atoms with van der Waals surface area (Å²) in [7, 11) is 0. The van der Waals surface area contributed by atoms with E-state index >= 15 is 0 Å². The molecule has 0 atom stereocenters. The van der Waals surface area contributed by atoms with E-state index in [0.717, 1.165) is 5.75 Å². The number of rotatable bonds is 8. The lowest BCUT2D eigenvalue weighted by molar-refractivity contribution is -0.126. The van der Waals surface area contributed by atoms with E-state index < -0.39 is 0 Å². The molecule has 0 spiro atoms. The summed E-state index contributed by atoms with van der Waals surface area (Å²) < 4.78 is 13.5. The monoisotopic (exact) mass is 395 g/mol. The van der Waals surface area contributed by atoms with Crippen molar-refractivity contribution in [1.82, 2.24) is 15.1 Å². The van der Waals surface area contributed by atoms with Gasteiger partial charge in [-0.25, -0.2) is 9.18 Å². The zero-order valence-corrected chi connectivity index (χ0v) is 17.1. The first-order valence-electron chi connectivity index (χ1n) is 9.69. The lowest BCUT2D eigenvalue weighted by Crippen LogP contribution is -2.48. The standard InChI is InChI=1S/C20H30FN3O2S/c1-3-23(4-2)20(26)24-12-9-16(10-13-24)19(25)22-11-14-27-15-17-7-5-6-8-18(17)21/h5-8,16H,3-4,9-15H2,1-2H3,(H,22,25). The number of hydrogen-bond acceptors (Lipinski definition) is 3. The van der Waals surface area contributed by atoms with E-state index in [0.29, 0.717) is 56.9 Å². The number of urea groups is 1. The van der Waals surface area contributed by atoms with Crippen LogP contribution in [0.3, 0.4) is 0 Å². The van der Waals surface area contributed by atoms with Gasteiger partial charge in [-0.05, 0) is 38.3 Å². The van der Waals surface area contributed by atoms with Crippen molar-refractivity contribution in [3.8, 4) is 0 Å². The van der Waals surface area contributed by atoms with Crippen LogP contribution in [-0.4, -0.2) is 60.2 Å². The van der Waals surface area contributed by atoms with Crippen molar-refractivity contribution in [2.24, 2.45) is 5.92 Å². The van der Waals surface area contributed by atoms with Gasteiger partial charge in [0.2, 0.25) is 5.91 Å². The SMILES string of the molecule is CCN(CC)C(=O)N1CCC(C(=O)NCCSCc2ccccc2F)CC1. The maximum Gasteiger partial charge on any atom is 0.319 e. The number of hydrogen-bond donors (Lipinski definition) is 1.